The predicted molar refractivity (Wildman–Crippen MR) is 98.1 cm³/mol. The summed E-state index contributed by atoms with van der Waals surface area (Å²) >= 11 is 1.27. The molecular weight excluding hydrogens is 351 g/mol. The van der Waals surface area contributed by atoms with Crippen molar-refractivity contribution in [1.29, 1.82) is 0 Å². The van der Waals surface area contributed by atoms with E-state index in [2.05, 4.69) is 10.3 Å². The van der Waals surface area contributed by atoms with Crippen molar-refractivity contribution in [3.05, 3.63) is 72.2 Å². The van der Waals surface area contributed by atoms with E-state index in [4.69, 9.17) is 4.42 Å². The lowest BCUT2D eigenvalue weighted by Crippen LogP contribution is -2.29. The number of hydrogen-bond donors (Lipinski definition) is 1. The van der Waals surface area contributed by atoms with Gasteiger partial charge in [0.2, 0.25) is 5.91 Å². The van der Waals surface area contributed by atoms with Gasteiger partial charge < -0.3 is 9.73 Å². The van der Waals surface area contributed by atoms with Gasteiger partial charge in [-0.05, 0) is 54.4 Å². The lowest BCUT2D eigenvalue weighted by molar-refractivity contribution is -0.120. The number of hydrogen-bond acceptors (Lipinski definition) is 4. The second-order valence-corrected chi connectivity index (χ2v) is 7.25. The molecule has 1 fully saturated rings. The minimum Gasteiger partial charge on any atom is -0.431 e. The lowest BCUT2D eigenvalue weighted by atomic mass is 10.1. The maximum absolute atomic E-state index is 13.1. The fourth-order valence-corrected chi connectivity index (χ4v) is 3.49. The Morgan fingerprint density at radius 2 is 1.88 bits per heavy atom. The van der Waals surface area contributed by atoms with E-state index in [1.54, 1.807) is 18.3 Å². The highest BCUT2D eigenvalue weighted by Crippen LogP contribution is 2.37. The Morgan fingerprint density at radius 1 is 1.15 bits per heavy atom. The van der Waals surface area contributed by atoms with Gasteiger partial charge in [0.15, 0.2) is 5.76 Å². The second-order valence-electron chi connectivity index (χ2n) is 6.19. The van der Waals surface area contributed by atoms with Crippen LogP contribution in [0.1, 0.15) is 23.7 Å². The van der Waals surface area contributed by atoms with E-state index in [-0.39, 0.29) is 17.8 Å². The Labute approximate surface area is 154 Å². The first-order chi connectivity index (χ1) is 12.7. The molecule has 132 valence electrons. The van der Waals surface area contributed by atoms with Crippen molar-refractivity contribution in [1.82, 2.24) is 10.3 Å². The molecule has 6 heteroatoms. The lowest BCUT2D eigenvalue weighted by Gasteiger charge is -2.15. The van der Waals surface area contributed by atoms with Crippen molar-refractivity contribution >= 4 is 17.7 Å². The van der Waals surface area contributed by atoms with Crippen LogP contribution in [0.15, 0.2) is 70.4 Å². The van der Waals surface area contributed by atoms with Crippen molar-refractivity contribution in [2.75, 3.05) is 0 Å². The van der Waals surface area contributed by atoms with E-state index < -0.39 is 5.25 Å². The fourth-order valence-electron chi connectivity index (χ4n) is 2.57. The summed E-state index contributed by atoms with van der Waals surface area (Å²) in [7, 11) is 0. The Morgan fingerprint density at radius 3 is 2.58 bits per heavy atom. The molecule has 1 atom stereocenters. The zero-order valence-corrected chi connectivity index (χ0v) is 14.7. The normalized spacial score (nSPS) is 14.8. The second kappa shape index (κ2) is 7.33. The molecule has 1 amide bonds. The van der Waals surface area contributed by atoms with E-state index >= 15 is 0 Å². The average molecular weight is 368 g/mol. The highest BCUT2D eigenvalue weighted by Gasteiger charge is 2.30. The van der Waals surface area contributed by atoms with Crippen LogP contribution in [-0.4, -0.2) is 16.9 Å². The molecule has 0 bridgehead atoms. The molecule has 0 saturated heterocycles. The largest absolute Gasteiger partial charge is 0.431 e. The van der Waals surface area contributed by atoms with Crippen LogP contribution in [0.2, 0.25) is 0 Å². The van der Waals surface area contributed by atoms with Crippen molar-refractivity contribution in [3.63, 3.8) is 0 Å². The van der Waals surface area contributed by atoms with Gasteiger partial charge in [0, 0.05) is 11.6 Å². The molecule has 1 aromatic heterocycles. The number of halogens is 1. The van der Waals surface area contributed by atoms with Gasteiger partial charge in [0.25, 0.3) is 5.22 Å². The minimum absolute atomic E-state index is 0.0368. The zero-order valence-electron chi connectivity index (χ0n) is 13.9. The van der Waals surface area contributed by atoms with E-state index in [9.17, 15) is 9.18 Å². The molecule has 1 N–H and O–H groups in total. The summed E-state index contributed by atoms with van der Waals surface area (Å²) in [6, 6.07) is 15.9. The summed E-state index contributed by atoms with van der Waals surface area (Å²) in [6.45, 7) is 0. The van der Waals surface area contributed by atoms with E-state index in [1.165, 1.54) is 23.9 Å². The van der Waals surface area contributed by atoms with Crippen LogP contribution in [0, 0.1) is 5.82 Å². The van der Waals surface area contributed by atoms with Gasteiger partial charge in [-0.15, -0.1) is 0 Å². The number of carbonyl (C=O) groups is 1. The van der Waals surface area contributed by atoms with Crippen molar-refractivity contribution in [2.24, 2.45) is 0 Å². The number of carbonyl (C=O) groups excluding carboxylic acids is 1. The Balaban J connectivity index is 1.55. The SMILES string of the molecule is O=C(NC1CC1)[C@H](Sc1ncc(-c2ccc(F)cc2)o1)c1ccccc1. The molecule has 4 rings (SSSR count). The molecule has 1 saturated carbocycles. The maximum Gasteiger partial charge on any atom is 0.257 e. The Bertz CT molecular complexity index is 892. The number of aromatic nitrogens is 1. The first kappa shape index (κ1) is 16.8. The van der Waals surface area contributed by atoms with Gasteiger partial charge >= 0.3 is 0 Å². The van der Waals surface area contributed by atoms with Crippen LogP contribution in [0.25, 0.3) is 11.3 Å². The fraction of sp³-hybridized carbons (Fsp3) is 0.200. The number of oxazole rings is 1. The minimum atomic E-state index is -0.434. The third kappa shape index (κ3) is 3.96. The third-order valence-corrected chi connectivity index (χ3v) is 5.21. The van der Waals surface area contributed by atoms with Crippen LogP contribution in [-0.2, 0) is 4.79 Å². The summed E-state index contributed by atoms with van der Waals surface area (Å²) in [6.07, 6.45) is 3.66. The number of thioether (sulfide) groups is 1. The highest BCUT2D eigenvalue weighted by atomic mass is 32.2. The molecule has 2 aromatic carbocycles. The topological polar surface area (TPSA) is 55.1 Å². The summed E-state index contributed by atoms with van der Waals surface area (Å²) in [5.41, 5.74) is 1.64. The van der Waals surface area contributed by atoms with Crippen molar-refractivity contribution in [3.8, 4) is 11.3 Å². The number of nitrogens with one attached hydrogen (secondary N) is 1. The van der Waals surface area contributed by atoms with Gasteiger partial charge in [-0.25, -0.2) is 9.37 Å². The number of rotatable bonds is 6. The van der Waals surface area contributed by atoms with Crippen molar-refractivity contribution in [2.45, 2.75) is 29.4 Å². The Hall–Kier alpha value is -2.60. The first-order valence-corrected chi connectivity index (χ1v) is 9.31. The van der Waals surface area contributed by atoms with E-state index in [0.717, 1.165) is 24.0 Å². The molecule has 0 spiro atoms. The van der Waals surface area contributed by atoms with Crippen LogP contribution in [0.5, 0.6) is 0 Å². The van der Waals surface area contributed by atoms with Crippen LogP contribution in [0.4, 0.5) is 4.39 Å². The monoisotopic (exact) mass is 368 g/mol. The molecule has 3 aromatic rings. The smallest absolute Gasteiger partial charge is 0.257 e. The summed E-state index contributed by atoms with van der Waals surface area (Å²) < 4.78 is 18.9. The van der Waals surface area contributed by atoms with Crippen molar-refractivity contribution < 1.29 is 13.6 Å². The predicted octanol–water partition coefficient (Wildman–Crippen LogP) is 4.59. The average Bonchev–Trinajstić information content (AvgIpc) is 3.35. The van der Waals surface area contributed by atoms with E-state index in [0.29, 0.717) is 11.0 Å². The standard InChI is InChI=1S/C20H17FN2O2S/c21-15-8-6-13(7-9-15)17-12-22-20(25-17)26-18(14-4-2-1-3-5-14)19(24)23-16-10-11-16/h1-9,12,16,18H,10-11H2,(H,23,24)/t18-/m1/s1. The molecular formula is C20H17FN2O2S. The van der Waals surface area contributed by atoms with E-state index in [1.807, 2.05) is 30.3 Å². The van der Waals surface area contributed by atoms with Crippen LogP contribution >= 0.6 is 11.8 Å². The van der Waals surface area contributed by atoms with Gasteiger partial charge in [-0.1, -0.05) is 30.3 Å². The third-order valence-electron chi connectivity index (χ3n) is 4.10. The number of nitrogens with zero attached hydrogens (tertiary/aromatic N) is 1. The van der Waals surface area contributed by atoms with Gasteiger partial charge in [0.1, 0.15) is 11.1 Å². The van der Waals surface area contributed by atoms with Gasteiger partial charge in [-0.2, -0.15) is 0 Å². The first-order valence-electron chi connectivity index (χ1n) is 8.43. The summed E-state index contributed by atoms with van der Waals surface area (Å²) in [5, 5.41) is 3.02. The maximum atomic E-state index is 13.1. The van der Waals surface area contributed by atoms with Gasteiger partial charge in [-0.3, -0.25) is 4.79 Å². The highest BCUT2D eigenvalue weighted by molar-refractivity contribution is 8.00. The molecule has 0 radical (unpaired) electrons. The molecule has 1 aliphatic rings. The summed E-state index contributed by atoms with van der Waals surface area (Å²) in [5.74, 6) is 0.205. The molecule has 0 unspecified atom stereocenters. The quantitative estimate of drug-likeness (QED) is 0.647. The molecule has 26 heavy (non-hydrogen) atoms. The molecule has 4 nitrogen and oxygen atoms in total. The summed E-state index contributed by atoms with van der Waals surface area (Å²) in [4.78, 5) is 16.9. The molecule has 1 aliphatic carbocycles. The zero-order chi connectivity index (χ0) is 17.9. The number of benzene rings is 2. The Kier molecular flexibility index (Phi) is 4.75. The van der Waals surface area contributed by atoms with Gasteiger partial charge in [0.05, 0.1) is 6.20 Å². The van der Waals surface area contributed by atoms with Crippen LogP contribution in [0.3, 0.4) is 0 Å². The van der Waals surface area contributed by atoms with Crippen LogP contribution < -0.4 is 5.32 Å². The molecule has 0 aliphatic heterocycles. The number of amides is 1. The molecule has 1 heterocycles.